The van der Waals surface area contributed by atoms with Gasteiger partial charge in [0.1, 0.15) is 5.82 Å². The molecule has 0 aliphatic rings. The molecule has 0 aromatic heterocycles. The van der Waals surface area contributed by atoms with Gasteiger partial charge in [0.25, 0.3) is 0 Å². The molecule has 0 amide bonds. The van der Waals surface area contributed by atoms with E-state index in [0.717, 1.165) is 0 Å². The van der Waals surface area contributed by atoms with Gasteiger partial charge < -0.3 is 0 Å². The summed E-state index contributed by atoms with van der Waals surface area (Å²) in [5.41, 5.74) is 0. The van der Waals surface area contributed by atoms with Crippen LogP contribution in [0.5, 0.6) is 0 Å². The lowest BCUT2D eigenvalue weighted by atomic mass is 10.3. The molecule has 0 saturated heterocycles. The van der Waals surface area contributed by atoms with Crippen molar-refractivity contribution < 1.29 is 4.39 Å². The van der Waals surface area contributed by atoms with E-state index >= 15 is 0 Å². The highest BCUT2D eigenvalue weighted by Gasteiger charge is 1.87. The molecule has 2 radical (unpaired) electrons. The van der Waals surface area contributed by atoms with Crippen LogP contribution in [0.15, 0.2) is 24.3 Å². The van der Waals surface area contributed by atoms with Crippen molar-refractivity contribution in [3.8, 4) is 0 Å². The van der Waals surface area contributed by atoms with Crippen molar-refractivity contribution in [3.05, 3.63) is 30.1 Å². The van der Waals surface area contributed by atoms with Gasteiger partial charge in [0.05, 0.1) is 0 Å². The Morgan fingerprint density at radius 2 is 1.88 bits per heavy atom. The van der Waals surface area contributed by atoms with E-state index in [0.29, 0.717) is 4.43 Å². The molecule has 0 bridgehead atoms. The van der Waals surface area contributed by atoms with Crippen molar-refractivity contribution in [2.75, 3.05) is 0 Å². The second-order valence-electron chi connectivity index (χ2n) is 1.52. The molecule has 0 aliphatic heterocycles. The van der Waals surface area contributed by atoms with Crippen LogP contribution < -0.4 is 4.43 Å². The second-order valence-corrected chi connectivity index (χ2v) is 2.14. The fraction of sp³-hybridized carbons (Fsp3) is 0. The summed E-state index contributed by atoms with van der Waals surface area (Å²) < 4.78 is 12.9. The Hall–Kier alpha value is -0.318. The molecular formula is C6H4AlF. The number of halogens is 1. The molecule has 0 unspecified atom stereocenters. The molecule has 2 heteroatoms. The standard InChI is InChI=1S/C6H4F.Al/c7-6-4-2-1-3-5-6;/h1-4H;. The Labute approximate surface area is 55.8 Å². The van der Waals surface area contributed by atoms with Gasteiger partial charge in [-0.05, 0) is 6.07 Å². The Bertz CT molecular complexity index is 165. The third kappa shape index (κ3) is 1.09. The van der Waals surface area contributed by atoms with Crippen molar-refractivity contribution in [2.45, 2.75) is 0 Å². The monoisotopic (exact) mass is 122 g/mol. The van der Waals surface area contributed by atoms with Gasteiger partial charge in [0.15, 0.2) is 16.3 Å². The molecule has 0 heterocycles. The van der Waals surface area contributed by atoms with Crippen LogP contribution in [0.3, 0.4) is 0 Å². The van der Waals surface area contributed by atoms with Gasteiger partial charge in [0, 0.05) is 0 Å². The number of hydrogen-bond donors (Lipinski definition) is 0. The fourth-order valence-electron chi connectivity index (χ4n) is 0.475. The van der Waals surface area contributed by atoms with Crippen LogP contribution in [0.4, 0.5) is 4.39 Å². The number of hydrogen-bond acceptors (Lipinski definition) is 0. The Kier molecular flexibility index (Phi) is 1.67. The van der Waals surface area contributed by atoms with Crippen LogP contribution in [-0.2, 0) is 0 Å². The van der Waals surface area contributed by atoms with E-state index in [4.69, 9.17) is 0 Å². The molecule has 0 nitrogen and oxygen atoms in total. The van der Waals surface area contributed by atoms with Crippen LogP contribution in [0.25, 0.3) is 0 Å². The lowest BCUT2D eigenvalue weighted by molar-refractivity contribution is 0.636. The minimum atomic E-state index is -0.169. The molecule has 1 aromatic rings. The molecule has 0 fully saturated rings. The number of rotatable bonds is 0. The topological polar surface area (TPSA) is 0 Å². The zero-order valence-electron chi connectivity index (χ0n) is 4.26. The molecule has 38 valence electrons. The Morgan fingerprint density at radius 3 is 2.25 bits per heavy atom. The molecule has 0 spiro atoms. The highest BCUT2D eigenvalue weighted by Crippen LogP contribution is 1.88. The summed E-state index contributed by atoms with van der Waals surface area (Å²) in [4.78, 5) is 0. The van der Waals surface area contributed by atoms with Gasteiger partial charge in [-0.2, -0.15) is 0 Å². The number of benzene rings is 1. The largest absolute Gasteiger partial charge is 0.208 e. The van der Waals surface area contributed by atoms with Crippen molar-refractivity contribution in [3.63, 3.8) is 0 Å². The zero-order chi connectivity index (χ0) is 5.98. The van der Waals surface area contributed by atoms with E-state index in [1.54, 1.807) is 18.2 Å². The average molecular weight is 122 g/mol. The summed E-state index contributed by atoms with van der Waals surface area (Å²) in [5.74, 6) is -0.169. The summed E-state index contributed by atoms with van der Waals surface area (Å²) in [6.07, 6.45) is 0. The molecule has 1 rings (SSSR count). The Morgan fingerprint density at radius 1 is 1.25 bits per heavy atom. The third-order valence-corrected chi connectivity index (χ3v) is 1.37. The maximum atomic E-state index is 12.3. The SMILES string of the molecule is Fc1cccc[c]1[Al]. The fourth-order valence-corrected chi connectivity index (χ4v) is 0.682. The lowest BCUT2D eigenvalue weighted by Gasteiger charge is -1.90. The maximum Gasteiger partial charge on any atom is 0.180 e. The van der Waals surface area contributed by atoms with Crippen molar-refractivity contribution in [1.29, 1.82) is 0 Å². The van der Waals surface area contributed by atoms with Crippen LogP contribution in [0.1, 0.15) is 0 Å². The molecule has 1 aromatic carbocycles. The Balaban J connectivity index is 3.13. The van der Waals surface area contributed by atoms with Gasteiger partial charge in [-0.1, -0.05) is 18.2 Å². The van der Waals surface area contributed by atoms with Crippen molar-refractivity contribution in [1.82, 2.24) is 0 Å². The molecule has 0 saturated carbocycles. The van der Waals surface area contributed by atoms with Gasteiger partial charge in [-0.15, -0.1) is 4.43 Å². The molecule has 0 aliphatic carbocycles. The molecular weight excluding hydrogens is 118 g/mol. The summed E-state index contributed by atoms with van der Waals surface area (Å²) in [6.45, 7) is 0. The van der Waals surface area contributed by atoms with Gasteiger partial charge in [-0.25, -0.2) is 4.39 Å². The molecule has 0 N–H and O–H groups in total. The summed E-state index contributed by atoms with van der Waals surface area (Å²) in [7, 11) is 0. The predicted octanol–water partition coefficient (Wildman–Crippen LogP) is 0.619. The van der Waals surface area contributed by atoms with E-state index in [-0.39, 0.29) is 5.82 Å². The van der Waals surface area contributed by atoms with E-state index in [1.165, 1.54) is 6.07 Å². The van der Waals surface area contributed by atoms with Crippen LogP contribution in [0, 0.1) is 5.82 Å². The molecule has 8 heavy (non-hydrogen) atoms. The van der Waals surface area contributed by atoms with Crippen LogP contribution in [0.2, 0.25) is 0 Å². The third-order valence-electron chi connectivity index (χ3n) is 0.905. The van der Waals surface area contributed by atoms with Crippen molar-refractivity contribution in [2.24, 2.45) is 0 Å². The maximum absolute atomic E-state index is 12.3. The van der Waals surface area contributed by atoms with Gasteiger partial charge in [0.2, 0.25) is 0 Å². The van der Waals surface area contributed by atoms with E-state index < -0.39 is 0 Å². The average Bonchev–Trinajstić information content (AvgIpc) is 1.77. The second kappa shape index (κ2) is 2.30. The summed E-state index contributed by atoms with van der Waals surface area (Å²) >= 11 is 2.31. The quantitative estimate of drug-likeness (QED) is 0.442. The lowest BCUT2D eigenvalue weighted by Crippen LogP contribution is -2.05. The highest BCUT2D eigenvalue weighted by atomic mass is 27.0. The summed E-state index contributed by atoms with van der Waals surface area (Å²) in [5, 5.41) is 0. The highest BCUT2D eigenvalue weighted by molar-refractivity contribution is 6.32. The smallest absolute Gasteiger partial charge is 0.180 e. The summed E-state index contributed by atoms with van der Waals surface area (Å²) in [6, 6.07) is 6.61. The van der Waals surface area contributed by atoms with Crippen LogP contribution >= 0.6 is 0 Å². The van der Waals surface area contributed by atoms with E-state index in [2.05, 4.69) is 16.3 Å². The minimum absolute atomic E-state index is 0.169. The van der Waals surface area contributed by atoms with Gasteiger partial charge in [-0.3, -0.25) is 0 Å². The van der Waals surface area contributed by atoms with E-state index in [1.807, 2.05) is 0 Å². The van der Waals surface area contributed by atoms with E-state index in [9.17, 15) is 4.39 Å². The first-order valence-electron chi connectivity index (χ1n) is 2.31. The zero-order valence-corrected chi connectivity index (χ0v) is 5.42. The first-order chi connectivity index (χ1) is 3.80. The first-order valence-corrected chi connectivity index (χ1v) is 2.88. The predicted molar refractivity (Wildman–Crippen MR) is 31.8 cm³/mol. The normalized spacial score (nSPS) is 9.12. The van der Waals surface area contributed by atoms with Crippen molar-refractivity contribution >= 4 is 20.7 Å². The first kappa shape index (κ1) is 5.81. The van der Waals surface area contributed by atoms with Gasteiger partial charge >= 0.3 is 0 Å². The molecule has 0 atom stereocenters. The minimum Gasteiger partial charge on any atom is -0.208 e. The van der Waals surface area contributed by atoms with Crippen LogP contribution in [-0.4, -0.2) is 16.3 Å².